The number of hydrogen-bond acceptors (Lipinski definition) is 6. The van der Waals surface area contributed by atoms with E-state index in [1.807, 2.05) is 0 Å². The first kappa shape index (κ1) is 23.9. The van der Waals surface area contributed by atoms with Crippen LogP contribution in [0.5, 0.6) is 5.75 Å². The Balaban J connectivity index is 1.56. The molecule has 0 bridgehead atoms. The number of aromatic nitrogens is 1. The third-order valence-corrected chi connectivity index (χ3v) is 7.18. The number of piperidine rings is 1. The molecule has 2 N–H and O–H groups in total. The van der Waals surface area contributed by atoms with Crippen LogP contribution in [0.3, 0.4) is 0 Å². The highest BCUT2D eigenvalue weighted by Crippen LogP contribution is 2.46. The van der Waals surface area contributed by atoms with E-state index < -0.39 is 12.1 Å². The number of nitrogens with zero attached hydrogens (tertiary/aromatic N) is 1. The van der Waals surface area contributed by atoms with E-state index >= 15 is 0 Å². The van der Waals surface area contributed by atoms with Gasteiger partial charge in [-0.2, -0.15) is 0 Å². The van der Waals surface area contributed by atoms with Crippen LogP contribution in [0.2, 0.25) is 10.0 Å². The van der Waals surface area contributed by atoms with Gasteiger partial charge in [-0.05, 0) is 75.2 Å². The van der Waals surface area contributed by atoms with Crippen LogP contribution in [0.4, 0.5) is 0 Å². The molecule has 1 atom stereocenters. The SMILES string of the molecule is O=C(O)c1ccc(OC(C(=O)c2c(-c3c(Cl)cccc3Cl)noc2C2CC2)C2CCNCC2)cc1. The molecule has 1 saturated heterocycles. The van der Waals surface area contributed by atoms with Crippen molar-refractivity contribution in [3.05, 3.63) is 69.4 Å². The number of carbonyl (C=O) groups excluding carboxylic acids is 1. The van der Waals surface area contributed by atoms with Crippen molar-refractivity contribution in [2.24, 2.45) is 5.92 Å². The fourth-order valence-electron chi connectivity index (χ4n) is 4.54. The summed E-state index contributed by atoms with van der Waals surface area (Å²) in [7, 11) is 0. The average molecular weight is 515 g/mol. The summed E-state index contributed by atoms with van der Waals surface area (Å²) in [5.41, 5.74) is 1.31. The van der Waals surface area contributed by atoms with Crippen molar-refractivity contribution in [1.82, 2.24) is 10.5 Å². The number of carboxylic acid groups (broad SMARTS) is 1. The van der Waals surface area contributed by atoms with E-state index in [1.54, 1.807) is 30.3 Å². The van der Waals surface area contributed by atoms with E-state index in [4.69, 9.17) is 32.5 Å². The van der Waals surface area contributed by atoms with E-state index in [1.165, 1.54) is 12.1 Å². The quantitative estimate of drug-likeness (QED) is 0.363. The second-order valence-electron chi connectivity index (χ2n) is 8.96. The maximum Gasteiger partial charge on any atom is 0.335 e. The Hall–Kier alpha value is -2.87. The van der Waals surface area contributed by atoms with Crippen molar-refractivity contribution < 1.29 is 24.0 Å². The van der Waals surface area contributed by atoms with Crippen LogP contribution in [-0.4, -0.2) is 41.2 Å². The smallest absolute Gasteiger partial charge is 0.335 e. The van der Waals surface area contributed by atoms with Crippen LogP contribution >= 0.6 is 23.2 Å². The molecule has 0 radical (unpaired) electrons. The molecule has 2 fully saturated rings. The second kappa shape index (κ2) is 10.0. The zero-order valence-corrected chi connectivity index (χ0v) is 20.3. The van der Waals surface area contributed by atoms with Crippen LogP contribution < -0.4 is 10.1 Å². The maximum absolute atomic E-state index is 14.2. The molecular formula is C26H24Cl2N2O5. The molecule has 9 heteroatoms. The average Bonchev–Trinajstić information content (AvgIpc) is 3.62. The predicted molar refractivity (Wildman–Crippen MR) is 132 cm³/mol. The Kier molecular flexibility index (Phi) is 6.82. The summed E-state index contributed by atoms with van der Waals surface area (Å²) in [5.74, 6) is -0.200. The first-order valence-corrected chi connectivity index (χ1v) is 12.4. The van der Waals surface area contributed by atoms with Crippen LogP contribution in [-0.2, 0) is 0 Å². The molecule has 5 rings (SSSR count). The molecule has 0 spiro atoms. The molecule has 1 saturated carbocycles. The summed E-state index contributed by atoms with van der Waals surface area (Å²) in [5, 5.41) is 17.5. The number of ketones is 1. The molecule has 2 aromatic carbocycles. The monoisotopic (exact) mass is 514 g/mol. The predicted octanol–water partition coefficient (Wildman–Crippen LogP) is 5.85. The van der Waals surface area contributed by atoms with Gasteiger partial charge in [-0.3, -0.25) is 4.79 Å². The Morgan fingerprint density at radius 1 is 1.03 bits per heavy atom. The lowest BCUT2D eigenvalue weighted by atomic mass is 9.86. The number of rotatable bonds is 8. The highest BCUT2D eigenvalue weighted by molar-refractivity contribution is 6.39. The van der Waals surface area contributed by atoms with Gasteiger partial charge in [0.1, 0.15) is 11.4 Å². The summed E-state index contributed by atoms with van der Waals surface area (Å²) in [4.78, 5) is 25.5. The minimum Gasteiger partial charge on any atom is -0.482 e. The second-order valence-corrected chi connectivity index (χ2v) is 9.78. The summed E-state index contributed by atoms with van der Waals surface area (Å²) >= 11 is 13.0. The lowest BCUT2D eigenvalue weighted by Gasteiger charge is -2.30. The van der Waals surface area contributed by atoms with Gasteiger partial charge in [0.15, 0.2) is 11.9 Å². The lowest BCUT2D eigenvalue weighted by Crippen LogP contribution is -2.41. The van der Waals surface area contributed by atoms with Gasteiger partial charge >= 0.3 is 5.97 Å². The van der Waals surface area contributed by atoms with Gasteiger partial charge in [0.05, 0.1) is 21.2 Å². The standard InChI is InChI=1S/C26H24Cl2N2O5/c27-18-2-1-3-19(28)20(18)22-21(24(35-30-22)14-4-5-14)23(31)25(15-10-12-29-13-11-15)34-17-8-6-16(7-9-17)26(32)33/h1-3,6-9,14-15,25,29H,4-5,10-13H2,(H,32,33). The first-order valence-electron chi connectivity index (χ1n) is 11.6. The number of Topliss-reactive ketones (excluding diaryl/α,β-unsaturated/α-hetero) is 1. The molecule has 0 amide bonds. The molecule has 1 aliphatic heterocycles. The summed E-state index contributed by atoms with van der Waals surface area (Å²) < 4.78 is 12.0. The molecule has 35 heavy (non-hydrogen) atoms. The molecule has 182 valence electrons. The van der Waals surface area contributed by atoms with Gasteiger partial charge < -0.3 is 19.7 Å². The molecule has 1 unspecified atom stereocenters. The Labute approximate surface area is 212 Å². The maximum atomic E-state index is 14.2. The van der Waals surface area contributed by atoms with Crippen molar-refractivity contribution in [3.63, 3.8) is 0 Å². The van der Waals surface area contributed by atoms with Crippen molar-refractivity contribution >= 4 is 35.0 Å². The van der Waals surface area contributed by atoms with Crippen molar-refractivity contribution in [3.8, 4) is 17.0 Å². The number of carboxylic acids is 1. The van der Waals surface area contributed by atoms with Gasteiger partial charge in [-0.25, -0.2) is 4.79 Å². The zero-order valence-electron chi connectivity index (χ0n) is 18.8. The number of aromatic carboxylic acids is 1. The number of ether oxygens (including phenoxy) is 1. The number of carbonyl (C=O) groups is 2. The molecule has 3 aromatic rings. The number of halogens is 2. The van der Waals surface area contributed by atoms with Gasteiger partial charge in [0.2, 0.25) is 5.78 Å². The normalized spacial score (nSPS) is 17.2. The summed E-state index contributed by atoms with van der Waals surface area (Å²) in [6.45, 7) is 1.55. The van der Waals surface area contributed by atoms with E-state index in [-0.39, 0.29) is 23.2 Å². The lowest BCUT2D eigenvalue weighted by molar-refractivity contribution is 0.0624. The van der Waals surface area contributed by atoms with Gasteiger partial charge in [0, 0.05) is 17.4 Å². The van der Waals surface area contributed by atoms with Crippen LogP contribution in [0.15, 0.2) is 47.0 Å². The molecule has 1 aliphatic carbocycles. The number of nitrogens with one attached hydrogen (secondary N) is 1. The van der Waals surface area contributed by atoms with Crippen molar-refractivity contribution in [2.75, 3.05) is 13.1 Å². The fraction of sp³-hybridized carbons (Fsp3) is 0.346. The Morgan fingerprint density at radius 2 is 1.69 bits per heavy atom. The van der Waals surface area contributed by atoms with Crippen LogP contribution in [0, 0.1) is 5.92 Å². The van der Waals surface area contributed by atoms with Gasteiger partial charge in [-0.1, -0.05) is 34.4 Å². The summed E-state index contributed by atoms with van der Waals surface area (Å²) in [6.07, 6.45) is 2.55. The summed E-state index contributed by atoms with van der Waals surface area (Å²) in [6, 6.07) is 11.2. The minimum atomic E-state index is -1.03. The largest absolute Gasteiger partial charge is 0.482 e. The number of hydrogen-bond donors (Lipinski definition) is 2. The van der Waals surface area contributed by atoms with Crippen LogP contribution in [0.1, 0.15) is 58.1 Å². The Morgan fingerprint density at radius 3 is 2.29 bits per heavy atom. The van der Waals surface area contributed by atoms with Gasteiger partial charge in [-0.15, -0.1) is 0 Å². The first-order chi connectivity index (χ1) is 16.9. The fourth-order valence-corrected chi connectivity index (χ4v) is 5.11. The molecule has 7 nitrogen and oxygen atoms in total. The molecular weight excluding hydrogens is 491 g/mol. The van der Waals surface area contributed by atoms with E-state index in [2.05, 4.69) is 10.5 Å². The molecule has 2 aliphatic rings. The third-order valence-electron chi connectivity index (χ3n) is 6.55. The van der Waals surface area contributed by atoms with E-state index in [0.717, 1.165) is 38.8 Å². The highest BCUT2D eigenvalue weighted by Gasteiger charge is 2.41. The zero-order chi connectivity index (χ0) is 24.5. The molecule has 2 heterocycles. The molecule has 1 aromatic heterocycles. The highest BCUT2D eigenvalue weighted by atomic mass is 35.5. The van der Waals surface area contributed by atoms with Crippen LogP contribution in [0.25, 0.3) is 11.3 Å². The minimum absolute atomic E-state index is 0.0422. The number of benzene rings is 2. The van der Waals surface area contributed by atoms with Crippen molar-refractivity contribution in [1.29, 1.82) is 0 Å². The van der Waals surface area contributed by atoms with E-state index in [0.29, 0.717) is 38.4 Å². The third kappa shape index (κ3) is 4.94. The van der Waals surface area contributed by atoms with E-state index in [9.17, 15) is 14.7 Å². The van der Waals surface area contributed by atoms with Crippen molar-refractivity contribution in [2.45, 2.75) is 37.7 Å². The topological polar surface area (TPSA) is 102 Å². The van der Waals surface area contributed by atoms with Gasteiger partial charge in [0.25, 0.3) is 0 Å². The Bertz CT molecular complexity index is 1230.